The van der Waals surface area contributed by atoms with Crippen molar-refractivity contribution in [1.29, 1.82) is 0 Å². The fraction of sp³-hybridized carbons (Fsp3) is 0.222. The van der Waals surface area contributed by atoms with E-state index >= 15 is 0 Å². The zero-order valence-corrected chi connectivity index (χ0v) is 9.73. The van der Waals surface area contributed by atoms with Crippen molar-refractivity contribution in [3.8, 4) is 0 Å². The number of benzene rings is 1. The highest BCUT2D eigenvalue weighted by molar-refractivity contribution is 8.14. The van der Waals surface area contributed by atoms with Gasteiger partial charge in [0.05, 0.1) is 5.69 Å². The van der Waals surface area contributed by atoms with Gasteiger partial charge in [-0.25, -0.2) is 0 Å². The van der Waals surface area contributed by atoms with Gasteiger partial charge in [0.1, 0.15) is 4.90 Å². The quantitative estimate of drug-likeness (QED) is 0.817. The molecule has 0 atom stereocenters. The minimum atomic E-state index is -3.51. The van der Waals surface area contributed by atoms with E-state index in [-0.39, 0.29) is 4.90 Å². The maximum Gasteiger partial charge on any atom is 0.286 e. The molecule has 6 heteroatoms. The largest absolute Gasteiger partial charge is 0.333 e. The number of sulfonamides is 1. The number of thioether (sulfide) groups is 1. The fourth-order valence-corrected chi connectivity index (χ4v) is 3.26. The maximum absolute atomic E-state index is 11.7. The molecule has 1 aromatic rings. The van der Waals surface area contributed by atoms with Crippen LogP contribution in [0.25, 0.3) is 0 Å². The van der Waals surface area contributed by atoms with E-state index in [9.17, 15) is 8.42 Å². The van der Waals surface area contributed by atoms with Crippen LogP contribution in [0.4, 0.5) is 5.69 Å². The van der Waals surface area contributed by atoms with E-state index in [1.807, 2.05) is 6.92 Å². The van der Waals surface area contributed by atoms with Crippen molar-refractivity contribution < 1.29 is 8.42 Å². The number of nitrogens with zero attached hydrogens (tertiary/aromatic N) is 1. The molecule has 0 saturated heterocycles. The molecule has 4 nitrogen and oxygen atoms in total. The second-order valence-electron chi connectivity index (χ2n) is 2.93. The maximum atomic E-state index is 11.7. The number of hydrogen-bond acceptors (Lipinski definition) is 4. The first-order valence-electron chi connectivity index (χ1n) is 4.47. The third-order valence-corrected chi connectivity index (χ3v) is 4.10. The molecule has 80 valence electrons. The summed E-state index contributed by atoms with van der Waals surface area (Å²) >= 11 is 1.38. The summed E-state index contributed by atoms with van der Waals surface area (Å²) in [6.07, 6.45) is 0. The Kier molecular flexibility index (Phi) is 2.70. The van der Waals surface area contributed by atoms with Gasteiger partial charge < -0.3 is 5.32 Å². The van der Waals surface area contributed by atoms with Crippen LogP contribution in [0.2, 0.25) is 0 Å². The monoisotopic (exact) mass is 242 g/mol. The van der Waals surface area contributed by atoms with Crippen LogP contribution >= 0.6 is 11.8 Å². The van der Waals surface area contributed by atoms with Crippen LogP contribution in [0.1, 0.15) is 6.92 Å². The second kappa shape index (κ2) is 3.86. The minimum Gasteiger partial charge on any atom is -0.333 e. The zero-order valence-electron chi connectivity index (χ0n) is 8.10. The predicted octanol–water partition coefficient (Wildman–Crippen LogP) is 1.91. The van der Waals surface area contributed by atoms with Gasteiger partial charge in [-0.05, 0) is 17.9 Å². The normalized spacial score (nSPS) is 17.5. The van der Waals surface area contributed by atoms with Crippen LogP contribution in [0, 0.1) is 0 Å². The Morgan fingerprint density at radius 2 is 2.13 bits per heavy atom. The van der Waals surface area contributed by atoms with Crippen molar-refractivity contribution >= 4 is 32.6 Å². The number of hydrogen-bond donors (Lipinski definition) is 1. The predicted molar refractivity (Wildman–Crippen MR) is 62.8 cm³/mol. The summed E-state index contributed by atoms with van der Waals surface area (Å²) < 4.78 is 27.1. The van der Waals surface area contributed by atoms with Gasteiger partial charge in [-0.2, -0.15) is 8.42 Å². The van der Waals surface area contributed by atoms with Gasteiger partial charge in [-0.15, -0.1) is 4.40 Å². The molecule has 0 aromatic heterocycles. The number of amidine groups is 1. The molecule has 0 bridgehead atoms. The van der Waals surface area contributed by atoms with Crippen molar-refractivity contribution in [3.63, 3.8) is 0 Å². The van der Waals surface area contributed by atoms with Gasteiger partial charge in [0.15, 0.2) is 5.17 Å². The Balaban J connectivity index is 2.50. The van der Waals surface area contributed by atoms with Gasteiger partial charge in [-0.3, -0.25) is 0 Å². The summed E-state index contributed by atoms with van der Waals surface area (Å²) in [5, 5.41) is 3.43. The van der Waals surface area contributed by atoms with Gasteiger partial charge in [-0.1, -0.05) is 30.8 Å². The van der Waals surface area contributed by atoms with Gasteiger partial charge in [0.25, 0.3) is 10.0 Å². The van der Waals surface area contributed by atoms with Crippen molar-refractivity contribution in [3.05, 3.63) is 24.3 Å². The average Bonchev–Trinajstić information content (AvgIpc) is 2.17. The molecule has 0 saturated carbocycles. The first-order chi connectivity index (χ1) is 7.13. The smallest absolute Gasteiger partial charge is 0.286 e. The Morgan fingerprint density at radius 3 is 2.87 bits per heavy atom. The standard InChI is InChI=1S/C9H10N2O2S2/c1-2-14-9-10-7-5-3-4-6-8(7)15(12,13)11-9/h3-6H,2H2,1H3,(H,10,11). The molecule has 0 amide bonds. The summed E-state index contributed by atoms with van der Waals surface area (Å²) in [6.45, 7) is 1.95. The molecule has 0 aliphatic carbocycles. The summed E-state index contributed by atoms with van der Waals surface area (Å²) in [5.41, 5.74) is 0.600. The van der Waals surface area contributed by atoms with Gasteiger partial charge in [0.2, 0.25) is 0 Å². The lowest BCUT2D eigenvalue weighted by Gasteiger charge is -2.16. The lowest BCUT2D eigenvalue weighted by atomic mass is 10.3. The van der Waals surface area contributed by atoms with E-state index in [1.165, 1.54) is 11.8 Å². The molecule has 15 heavy (non-hydrogen) atoms. The number of para-hydroxylation sites is 1. The second-order valence-corrected chi connectivity index (χ2v) is 5.75. The van der Waals surface area contributed by atoms with Crippen molar-refractivity contribution in [2.24, 2.45) is 4.40 Å². The Labute approximate surface area is 92.8 Å². The molecule has 1 aliphatic heterocycles. The van der Waals surface area contributed by atoms with Gasteiger partial charge >= 0.3 is 0 Å². The third-order valence-electron chi connectivity index (χ3n) is 1.89. The molecular weight excluding hydrogens is 232 g/mol. The summed E-state index contributed by atoms with van der Waals surface area (Å²) in [6, 6.07) is 6.76. The average molecular weight is 242 g/mol. The first kappa shape index (κ1) is 10.5. The lowest BCUT2D eigenvalue weighted by Crippen LogP contribution is -2.18. The van der Waals surface area contributed by atoms with Crippen LogP contribution < -0.4 is 5.32 Å². The Bertz CT molecular complexity index is 509. The minimum absolute atomic E-state index is 0.241. The van der Waals surface area contributed by atoms with E-state index < -0.39 is 10.0 Å². The molecule has 2 rings (SSSR count). The molecule has 1 aliphatic rings. The summed E-state index contributed by atoms with van der Waals surface area (Å²) in [7, 11) is -3.51. The number of nitrogens with one attached hydrogen (secondary N) is 1. The summed E-state index contributed by atoms with van der Waals surface area (Å²) in [5.74, 6) is 0.781. The van der Waals surface area contributed by atoms with Crippen LogP contribution in [0.15, 0.2) is 33.6 Å². The molecule has 0 spiro atoms. The van der Waals surface area contributed by atoms with Crippen LogP contribution in [-0.4, -0.2) is 19.3 Å². The van der Waals surface area contributed by atoms with E-state index in [4.69, 9.17) is 0 Å². The van der Waals surface area contributed by atoms with E-state index in [0.29, 0.717) is 10.9 Å². The number of rotatable bonds is 1. The highest BCUT2D eigenvalue weighted by Gasteiger charge is 2.23. The third kappa shape index (κ3) is 2.00. The highest BCUT2D eigenvalue weighted by atomic mass is 32.2. The van der Waals surface area contributed by atoms with Gasteiger partial charge in [0, 0.05) is 0 Å². The highest BCUT2D eigenvalue weighted by Crippen LogP contribution is 2.28. The van der Waals surface area contributed by atoms with E-state index in [2.05, 4.69) is 9.71 Å². The van der Waals surface area contributed by atoms with Crippen LogP contribution in [0.5, 0.6) is 0 Å². The molecule has 0 unspecified atom stereocenters. The molecule has 1 N–H and O–H groups in total. The Morgan fingerprint density at radius 1 is 1.40 bits per heavy atom. The topological polar surface area (TPSA) is 58.5 Å². The first-order valence-corrected chi connectivity index (χ1v) is 6.90. The lowest BCUT2D eigenvalue weighted by molar-refractivity contribution is 0.598. The van der Waals surface area contributed by atoms with E-state index in [1.54, 1.807) is 24.3 Å². The van der Waals surface area contributed by atoms with Crippen molar-refractivity contribution in [2.75, 3.05) is 11.1 Å². The van der Waals surface area contributed by atoms with Crippen LogP contribution in [0.3, 0.4) is 0 Å². The van der Waals surface area contributed by atoms with Crippen molar-refractivity contribution in [1.82, 2.24) is 0 Å². The van der Waals surface area contributed by atoms with E-state index in [0.717, 1.165) is 5.75 Å². The SMILES string of the molecule is CCSC1=NS(=O)(=O)c2ccccc2N1. The zero-order chi connectivity index (χ0) is 10.9. The fourth-order valence-electron chi connectivity index (χ4n) is 1.29. The molecule has 1 aromatic carbocycles. The molecule has 1 heterocycles. The molecular formula is C9H10N2O2S2. The number of fused-ring (bicyclic) bond motifs is 1. The number of anilines is 1. The van der Waals surface area contributed by atoms with Crippen molar-refractivity contribution in [2.45, 2.75) is 11.8 Å². The van der Waals surface area contributed by atoms with Crippen LogP contribution in [-0.2, 0) is 10.0 Å². The molecule has 0 radical (unpaired) electrons. The summed E-state index contributed by atoms with van der Waals surface area (Å²) in [4.78, 5) is 0.241. The molecule has 0 fully saturated rings. The Hall–Kier alpha value is -1.01.